The number of rotatable bonds is 2. The summed E-state index contributed by atoms with van der Waals surface area (Å²) in [5.41, 5.74) is 0.418. The Morgan fingerprint density at radius 2 is 1.84 bits per heavy atom. The second kappa shape index (κ2) is 5.93. The molecule has 5 nitrogen and oxygen atoms in total. The van der Waals surface area contributed by atoms with Gasteiger partial charge in [0, 0.05) is 12.6 Å². The summed E-state index contributed by atoms with van der Waals surface area (Å²) in [6.07, 6.45) is -0.559. The van der Waals surface area contributed by atoms with E-state index in [4.69, 9.17) is 16.3 Å². The molecule has 2 N–H and O–H groups in total. The number of hydrogen-bond acceptors (Lipinski definition) is 3. The minimum Gasteiger partial charge on any atom is -0.444 e. The minimum atomic E-state index is -0.565. The summed E-state index contributed by atoms with van der Waals surface area (Å²) in [6, 6.07) is 4.77. The lowest BCUT2D eigenvalue weighted by Crippen LogP contribution is -2.27. The lowest BCUT2D eigenvalue weighted by molar-refractivity contribution is -0.114. The minimum absolute atomic E-state index is 0.213. The van der Waals surface area contributed by atoms with E-state index in [1.165, 1.54) is 13.0 Å². The van der Waals surface area contributed by atoms with E-state index in [-0.39, 0.29) is 5.91 Å². The van der Waals surface area contributed by atoms with Gasteiger partial charge in [-0.2, -0.15) is 0 Å². The molecule has 0 saturated heterocycles. The first-order valence-electron chi connectivity index (χ1n) is 5.74. The third-order valence-electron chi connectivity index (χ3n) is 1.93. The summed E-state index contributed by atoms with van der Waals surface area (Å²) in [6.45, 7) is 6.72. The Hall–Kier alpha value is -1.75. The normalized spacial score (nSPS) is 10.8. The molecule has 1 aromatic carbocycles. The molecule has 2 amide bonds. The molecule has 1 rings (SSSR count). The topological polar surface area (TPSA) is 67.4 Å². The average molecular weight is 285 g/mol. The van der Waals surface area contributed by atoms with Gasteiger partial charge in [0.2, 0.25) is 5.91 Å². The van der Waals surface area contributed by atoms with Crippen LogP contribution in [0.25, 0.3) is 0 Å². The third-order valence-corrected chi connectivity index (χ3v) is 2.24. The van der Waals surface area contributed by atoms with Gasteiger partial charge in [0.15, 0.2) is 0 Å². The highest BCUT2D eigenvalue weighted by Gasteiger charge is 2.16. The molecule has 0 aliphatic rings. The van der Waals surface area contributed by atoms with Gasteiger partial charge in [-0.05, 0) is 39.0 Å². The fourth-order valence-electron chi connectivity index (χ4n) is 1.31. The van der Waals surface area contributed by atoms with E-state index in [0.717, 1.165) is 0 Å². The Morgan fingerprint density at radius 1 is 1.21 bits per heavy atom. The Balaban J connectivity index is 2.73. The monoisotopic (exact) mass is 284 g/mol. The zero-order chi connectivity index (χ0) is 14.6. The van der Waals surface area contributed by atoms with Gasteiger partial charge in [-0.25, -0.2) is 4.79 Å². The van der Waals surface area contributed by atoms with Crippen molar-refractivity contribution in [3.8, 4) is 0 Å². The molecule has 0 saturated carbocycles. The summed E-state index contributed by atoms with van der Waals surface area (Å²) in [7, 11) is 0. The molecule has 6 heteroatoms. The predicted molar refractivity (Wildman–Crippen MR) is 75.6 cm³/mol. The van der Waals surface area contributed by atoms with Crippen molar-refractivity contribution in [2.24, 2.45) is 0 Å². The second-order valence-electron chi connectivity index (χ2n) is 5.00. The van der Waals surface area contributed by atoms with E-state index < -0.39 is 11.7 Å². The molecule has 0 aliphatic heterocycles. The zero-order valence-electron chi connectivity index (χ0n) is 11.3. The highest BCUT2D eigenvalue weighted by molar-refractivity contribution is 6.34. The van der Waals surface area contributed by atoms with E-state index in [1.54, 1.807) is 32.9 Å². The molecule has 0 fully saturated rings. The lowest BCUT2D eigenvalue weighted by Gasteiger charge is -2.19. The molecule has 1 aromatic rings. The van der Waals surface area contributed by atoms with Crippen LogP contribution in [0, 0.1) is 0 Å². The molecule has 0 unspecified atom stereocenters. The summed E-state index contributed by atoms with van der Waals surface area (Å²) in [5.74, 6) is -0.213. The predicted octanol–water partition coefficient (Wildman–Crippen LogP) is 3.65. The number of carbonyl (C=O) groups is 2. The number of benzene rings is 1. The van der Waals surface area contributed by atoms with E-state index in [9.17, 15) is 9.59 Å². The maximum atomic E-state index is 11.6. The number of carbonyl (C=O) groups excluding carboxylic acids is 2. The van der Waals surface area contributed by atoms with Crippen LogP contribution in [0.1, 0.15) is 27.7 Å². The van der Waals surface area contributed by atoms with E-state index in [0.29, 0.717) is 16.4 Å². The van der Waals surface area contributed by atoms with Crippen LogP contribution in [0.5, 0.6) is 0 Å². The molecule has 19 heavy (non-hydrogen) atoms. The molecule has 0 atom stereocenters. The Bertz CT molecular complexity index is 495. The van der Waals surface area contributed by atoms with Gasteiger partial charge in [-0.3, -0.25) is 10.1 Å². The quantitative estimate of drug-likeness (QED) is 0.871. The van der Waals surface area contributed by atoms with Gasteiger partial charge < -0.3 is 10.1 Å². The molecule has 0 bridgehead atoms. The number of nitrogens with one attached hydrogen (secondary N) is 2. The van der Waals surface area contributed by atoms with Gasteiger partial charge >= 0.3 is 6.09 Å². The van der Waals surface area contributed by atoms with Crippen molar-refractivity contribution in [3.63, 3.8) is 0 Å². The molecule has 0 aliphatic carbocycles. The summed E-state index contributed by atoms with van der Waals surface area (Å²) in [4.78, 5) is 22.5. The number of ether oxygens (including phenoxy) is 1. The summed E-state index contributed by atoms with van der Waals surface area (Å²) >= 11 is 5.98. The van der Waals surface area contributed by atoms with Crippen LogP contribution in [0.3, 0.4) is 0 Å². The maximum Gasteiger partial charge on any atom is 0.412 e. The summed E-state index contributed by atoms with van der Waals surface area (Å²) < 4.78 is 5.11. The van der Waals surface area contributed by atoms with Crippen LogP contribution in [-0.4, -0.2) is 17.6 Å². The number of halogens is 1. The van der Waals surface area contributed by atoms with Crippen molar-refractivity contribution >= 4 is 35.0 Å². The van der Waals surface area contributed by atoms with Crippen molar-refractivity contribution in [1.82, 2.24) is 0 Å². The molecule has 0 radical (unpaired) electrons. The van der Waals surface area contributed by atoms with Crippen molar-refractivity contribution in [2.45, 2.75) is 33.3 Å². The van der Waals surface area contributed by atoms with Gasteiger partial charge in [-0.1, -0.05) is 11.6 Å². The van der Waals surface area contributed by atoms with Crippen LogP contribution in [0.4, 0.5) is 16.2 Å². The largest absolute Gasteiger partial charge is 0.444 e. The van der Waals surface area contributed by atoms with Gasteiger partial charge in [0.05, 0.1) is 10.7 Å². The van der Waals surface area contributed by atoms with Gasteiger partial charge in [-0.15, -0.1) is 0 Å². The molecular weight excluding hydrogens is 268 g/mol. The van der Waals surface area contributed by atoms with Crippen molar-refractivity contribution in [3.05, 3.63) is 23.2 Å². The SMILES string of the molecule is CC(=O)Nc1ccc(NC(=O)OC(C)(C)C)cc1Cl. The zero-order valence-corrected chi connectivity index (χ0v) is 12.1. The number of anilines is 2. The first-order chi connectivity index (χ1) is 8.67. The number of hydrogen-bond donors (Lipinski definition) is 2. The van der Waals surface area contributed by atoms with Gasteiger partial charge in [0.1, 0.15) is 5.60 Å². The fourth-order valence-corrected chi connectivity index (χ4v) is 1.53. The van der Waals surface area contributed by atoms with Crippen LogP contribution in [-0.2, 0) is 9.53 Å². The molecule has 0 spiro atoms. The van der Waals surface area contributed by atoms with Crippen LogP contribution in [0.15, 0.2) is 18.2 Å². The Morgan fingerprint density at radius 3 is 2.32 bits per heavy atom. The lowest BCUT2D eigenvalue weighted by atomic mass is 10.2. The fraction of sp³-hybridized carbons (Fsp3) is 0.385. The first kappa shape index (κ1) is 15.3. The smallest absolute Gasteiger partial charge is 0.412 e. The average Bonchev–Trinajstić information content (AvgIpc) is 2.18. The highest BCUT2D eigenvalue weighted by atomic mass is 35.5. The second-order valence-corrected chi connectivity index (χ2v) is 5.41. The maximum absolute atomic E-state index is 11.6. The first-order valence-corrected chi connectivity index (χ1v) is 6.12. The van der Waals surface area contributed by atoms with Crippen molar-refractivity contribution < 1.29 is 14.3 Å². The molecule has 0 heterocycles. The van der Waals surface area contributed by atoms with E-state index in [1.807, 2.05) is 0 Å². The summed E-state index contributed by atoms with van der Waals surface area (Å²) in [5, 5.41) is 5.48. The number of amides is 2. The molecular formula is C13H17ClN2O3. The van der Waals surface area contributed by atoms with Crippen LogP contribution < -0.4 is 10.6 Å². The molecule has 0 aromatic heterocycles. The van der Waals surface area contributed by atoms with Gasteiger partial charge in [0.25, 0.3) is 0 Å². The highest BCUT2D eigenvalue weighted by Crippen LogP contribution is 2.25. The van der Waals surface area contributed by atoms with Crippen LogP contribution in [0.2, 0.25) is 5.02 Å². The Kier molecular flexibility index (Phi) is 4.78. The Labute approximate surface area is 117 Å². The van der Waals surface area contributed by atoms with Crippen LogP contribution >= 0.6 is 11.6 Å². The standard InChI is InChI=1S/C13H17ClN2O3/c1-8(17)15-11-6-5-9(7-10(11)14)16-12(18)19-13(2,3)4/h5-7H,1-4H3,(H,15,17)(H,16,18). The van der Waals surface area contributed by atoms with E-state index in [2.05, 4.69) is 10.6 Å². The van der Waals surface area contributed by atoms with Crippen molar-refractivity contribution in [2.75, 3.05) is 10.6 Å². The third kappa shape index (κ3) is 5.61. The van der Waals surface area contributed by atoms with E-state index >= 15 is 0 Å². The van der Waals surface area contributed by atoms with Crippen molar-refractivity contribution in [1.29, 1.82) is 0 Å². The molecule has 104 valence electrons.